The van der Waals surface area contributed by atoms with Gasteiger partial charge in [-0.3, -0.25) is 9.59 Å². The molecule has 0 saturated heterocycles. The molecule has 6 heteroatoms. The summed E-state index contributed by atoms with van der Waals surface area (Å²) in [6.45, 7) is 0.304. The Morgan fingerprint density at radius 3 is 1.96 bits per heavy atom. The molecular formula is C21H16F2O4. The van der Waals surface area contributed by atoms with E-state index < -0.39 is 17.4 Å². The third-order valence-electron chi connectivity index (χ3n) is 3.44. The van der Waals surface area contributed by atoms with Gasteiger partial charge in [-0.2, -0.15) is 0 Å². The van der Waals surface area contributed by atoms with Crippen molar-refractivity contribution in [1.82, 2.24) is 0 Å². The highest BCUT2D eigenvalue weighted by molar-refractivity contribution is 5.75. The van der Waals surface area contributed by atoms with E-state index in [0.29, 0.717) is 24.7 Å². The lowest BCUT2D eigenvalue weighted by Crippen LogP contribution is -1.97. The number of halogens is 2. The molecule has 0 aromatic heterocycles. The van der Waals surface area contributed by atoms with Crippen LogP contribution in [0.15, 0.2) is 66.7 Å². The van der Waals surface area contributed by atoms with Crippen LogP contribution >= 0.6 is 0 Å². The first kappa shape index (κ1) is 19.8. The van der Waals surface area contributed by atoms with Crippen molar-refractivity contribution in [3.05, 3.63) is 95.1 Å². The van der Waals surface area contributed by atoms with Crippen molar-refractivity contribution in [2.24, 2.45) is 0 Å². The summed E-state index contributed by atoms with van der Waals surface area (Å²) >= 11 is 0. The van der Waals surface area contributed by atoms with Crippen LogP contribution in [-0.2, 0) is 6.61 Å². The van der Waals surface area contributed by atoms with E-state index in [9.17, 15) is 18.4 Å². The van der Waals surface area contributed by atoms with Gasteiger partial charge in [0.2, 0.25) is 0 Å². The largest absolute Gasteiger partial charge is 0.505 e. The smallest absolute Gasteiger partial charge is 0.165 e. The summed E-state index contributed by atoms with van der Waals surface area (Å²) in [5.41, 5.74) is 1.48. The van der Waals surface area contributed by atoms with Crippen LogP contribution in [0.5, 0.6) is 11.5 Å². The lowest BCUT2D eigenvalue weighted by molar-refractivity contribution is 0.111. The number of hydrogen-bond acceptors (Lipinski definition) is 4. The minimum Gasteiger partial charge on any atom is -0.505 e. The minimum absolute atomic E-state index is 0.152. The number of benzene rings is 3. The molecule has 0 amide bonds. The molecule has 0 bridgehead atoms. The van der Waals surface area contributed by atoms with Crippen molar-refractivity contribution in [3.8, 4) is 11.5 Å². The Hall–Kier alpha value is -3.54. The van der Waals surface area contributed by atoms with Gasteiger partial charge < -0.3 is 9.84 Å². The SMILES string of the molecule is O=Cc1ccc(O)c(F)c1.O=Cc1ccc(OCc2ccccc2)c(F)c1. The number of carbonyl (C=O) groups excluding carboxylic acids is 2. The fourth-order valence-electron chi connectivity index (χ4n) is 2.04. The molecule has 0 unspecified atom stereocenters. The predicted octanol–water partition coefficient (Wildman–Crippen LogP) is 4.56. The highest BCUT2D eigenvalue weighted by Gasteiger charge is 2.04. The Balaban J connectivity index is 0.000000223. The summed E-state index contributed by atoms with van der Waals surface area (Å²) in [7, 11) is 0. The summed E-state index contributed by atoms with van der Waals surface area (Å²) in [5.74, 6) is -1.58. The van der Waals surface area contributed by atoms with Crippen molar-refractivity contribution in [2.75, 3.05) is 0 Å². The van der Waals surface area contributed by atoms with E-state index in [1.165, 1.54) is 18.2 Å². The molecule has 3 aromatic carbocycles. The van der Waals surface area contributed by atoms with Gasteiger partial charge in [0, 0.05) is 11.1 Å². The maximum absolute atomic E-state index is 13.5. The second-order valence-electron chi connectivity index (χ2n) is 5.41. The number of rotatable bonds is 5. The van der Waals surface area contributed by atoms with E-state index >= 15 is 0 Å². The summed E-state index contributed by atoms with van der Waals surface area (Å²) in [6.07, 6.45) is 1.12. The van der Waals surface area contributed by atoms with Crippen molar-refractivity contribution >= 4 is 12.6 Å². The lowest BCUT2D eigenvalue weighted by Gasteiger charge is -2.07. The quantitative estimate of drug-likeness (QED) is 0.669. The molecule has 0 aliphatic rings. The maximum atomic E-state index is 13.5. The zero-order chi connectivity index (χ0) is 19.6. The molecule has 0 heterocycles. The van der Waals surface area contributed by atoms with E-state index in [4.69, 9.17) is 9.84 Å². The maximum Gasteiger partial charge on any atom is 0.165 e. The number of phenolic OH excluding ortho intramolecular Hbond substituents is 1. The van der Waals surface area contributed by atoms with Crippen LogP contribution in [0, 0.1) is 11.6 Å². The van der Waals surface area contributed by atoms with Crippen LogP contribution in [-0.4, -0.2) is 17.7 Å². The molecule has 0 aliphatic heterocycles. The molecular weight excluding hydrogens is 354 g/mol. The molecule has 3 rings (SSSR count). The first-order chi connectivity index (χ1) is 13.0. The number of hydrogen-bond donors (Lipinski definition) is 1. The third kappa shape index (κ3) is 6.04. The van der Waals surface area contributed by atoms with Gasteiger partial charge in [-0.25, -0.2) is 8.78 Å². The van der Waals surface area contributed by atoms with Gasteiger partial charge in [-0.05, 0) is 42.0 Å². The van der Waals surface area contributed by atoms with Crippen molar-refractivity contribution in [1.29, 1.82) is 0 Å². The van der Waals surface area contributed by atoms with E-state index in [1.807, 2.05) is 30.3 Å². The molecule has 138 valence electrons. The van der Waals surface area contributed by atoms with Gasteiger partial charge in [0.05, 0.1) is 0 Å². The molecule has 27 heavy (non-hydrogen) atoms. The van der Waals surface area contributed by atoms with Gasteiger partial charge >= 0.3 is 0 Å². The number of aldehydes is 2. The van der Waals surface area contributed by atoms with Gasteiger partial charge in [0.25, 0.3) is 0 Å². The van der Waals surface area contributed by atoms with Gasteiger partial charge in [0.1, 0.15) is 19.2 Å². The Kier molecular flexibility index (Phi) is 7.19. The zero-order valence-corrected chi connectivity index (χ0v) is 14.1. The van der Waals surface area contributed by atoms with Gasteiger partial charge in [0.15, 0.2) is 23.1 Å². The molecule has 0 spiro atoms. The average molecular weight is 370 g/mol. The molecule has 1 N–H and O–H groups in total. The second-order valence-corrected chi connectivity index (χ2v) is 5.41. The first-order valence-electron chi connectivity index (χ1n) is 7.88. The van der Waals surface area contributed by atoms with Crippen LogP contribution in [0.4, 0.5) is 8.78 Å². The van der Waals surface area contributed by atoms with Crippen LogP contribution in [0.2, 0.25) is 0 Å². The van der Waals surface area contributed by atoms with Crippen molar-refractivity contribution in [2.45, 2.75) is 6.61 Å². The average Bonchev–Trinajstić information content (AvgIpc) is 2.70. The second kappa shape index (κ2) is 9.82. The third-order valence-corrected chi connectivity index (χ3v) is 3.44. The van der Waals surface area contributed by atoms with Crippen LogP contribution in [0.1, 0.15) is 26.3 Å². The topological polar surface area (TPSA) is 63.6 Å². The predicted molar refractivity (Wildman–Crippen MR) is 96.0 cm³/mol. The first-order valence-corrected chi connectivity index (χ1v) is 7.88. The molecule has 4 nitrogen and oxygen atoms in total. The van der Waals surface area contributed by atoms with Gasteiger partial charge in [-0.1, -0.05) is 30.3 Å². The highest BCUT2D eigenvalue weighted by atomic mass is 19.1. The Labute approximate surface area is 154 Å². The molecule has 0 atom stereocenters. The van der Waals surface area contributed by atoms with E-state index in [0.717, 1.165) is 23.8 Å². The number of carbonyl (C=O) groups is 2. The normalized spacial score (nSPS) is 9.70. The Morgan fingerprint density at radius 1 is 0.815 bits per heavy atom. The highest BCUT2D eigenvalue weighted by Crippen LogP contribution is 2.19. The number of ether oxygens (including phenoxy) is 1. The summed E-state index contributed by atoms with van der Waals surface area (Å²) in [5, 5.41) is 8.65. The molecule has 0 fully saturated rings. The van der Waals surface area contributed by atoms with Gasteiger partial charge in [-0.15, -0.1) is 0 Å². The lowest BCUT2D eigenvalue weighted by atomic mass is 10.2. The van der Waals surface area contributed by atoms with E-state index in [1.54, 1.807) is 0 Å². The monoisotopic (exact) mass is 370 g/mol. The van der Waals surface area contributed by atoms with Crippen LogP contribution in [0.25, 0.3) is 0 Å². The molecule has 0 aliphatic carbocycles. The Bertz CT molecular complexity index is 911. The van der Waals surface area contributed by atoms with E-state index in [-0.39, 0.29) is 11.3 Å². The zero-order valence-electron chi connectivity index (χ0n) is 14.1. The van der Waals surface area contributed by atoms with Crippen molar-refractivity contribution in [3.63, 3.8) is 0 Å². The standard InChI is InChI=1S/C14H11FO2.C7H5FO2/c15-13-8-12(9-16)6-7-14(13)17-10-11-4-2-1-3-5-11;8-6-3-5(4-9)1-2-7(6)10/h1-9H,10H2;1-4,10H. The molecule has 0 saturated carbocycles. The summed E-state index contributed by atoms with van der Waals surface area (Å²) in [6, 6.07) is 17.1. The molecule has 3 aromatic rings. The molecule has 0 radical (unpaired) electrons. The van der Waals surface area contributed by atoms with Crippen molar-refractivity contribution < 1.29 is 28.2 Å². The fourth-order valence-corrected chi connectivity index (χ4v) is 2.04. The summed E-state index contributed by atoms with van der Waals surface area (Å²) < 4.78 is 31.1. The van der Waals surface area contributed by atoms with E-state index in [2.05, 4.69) is 0 Å². The number of aromatic hydroxyl groups is 1. The summed E-state index contributed by atoms with van der Waals surface area (Å²) in [4.78, 5) is 20.5. The number of phenols is 1. The van der Waals surface area contributed by atoms with Crippen LogP contribution in [0.3, 0.4) is 0 Å². The van der Waals surface area contributed by atoms with Crippen LogP contribution < -0.4 is 4.74 Å². The fraction of sp³-hybridized carbons (Fsp3) is 0.0476. The minimum atomic E-state index is -0.774. The Morgan fingerprint density at radius 2 is 1.41 bits per heavy atom.